The van der Waals surface area contributed by atoms with Gasteiger partial charge in [-0.25, -0.2) is 0 Å². The summed E-state index contributed by atoms with van der Waals surface area (Å²) in [6, 6.07) is 8.35. The highest BCUT2D eigenvalue weighted by Crippen LogP contribution is 2.32. The zero-order valence-corrected chi connectivity index (χ0v) is 10.3. The zero-order valence-electron chi connectivity index (χ0n) is 8.68. The summed E-state index contributed by atoms with van der Waals surface area (Å²) in [5, 5.41) is 7.00. The first-order chi connectivity index (χ1) is 7.40. The van der Waals surface area contributed by atoms with E-state index in [-0.39, 0.29) is 0 Å². The fourth-order valence-electron chi connectivity index (χ4n) is 1.09. The van der Waals surface area contributed by atoms with Gasteiger partial charge in [0.1, 0.15) is 0 Å². The lowest BCUT2D eigenvalue weighted by Gasteiger charge is -1.93. The maximum Gasteiger partial charge on any atom is 0.0602 e. The third-order valence-corrected chi connectivity index (χ3v) is 3.95. The van der Waals surface area contributed by atoms with Crippen LogP contribution in [0.4, 0.5) is 0 Å². The lowest BCUT2D eigenvalue weighted by Crippen LogP contribution is -1.72. The van der Waals surface area contributed by atoms with Gasteiger partial charge in [0.05, 0.1) is 4.21 Å². The van der Waals surface area contributed by atoms with Crippen molar-refractivity contribution in [1.82, 2.24) is 4.98 Å². The Hall–Kier alpha value is -0.840. The molecule has 0 saturated heterocycles. The molecule has 80 valence electrons. The van der Waals surface area contributed by atoms with Crippen LogP contribution in [0.5, 0.6) is 0 Å². The molecule has 0 amide bonds. The van der Waals surface area contributed by atoms with Crippen LogP contribution >= 0.6 is 23.1 Å². The average molecular weight is 239 g/mol. The summed E-state index contributed by atoms with van der Waals surface area (Å²) in [5.41, 5.74) is 1.20. The molecule has 0 radical (unpaired) electrons. The van der Waals surface area contributed by atoms with Gasteiger partial charge in [0.25, 0.3) is 0 Å². The number of hydrogen-bond acceptors (Lipinski definition) is 4. The molecule has 0 aliphatic heterocycles. The minimum atomic E-state index is 1.00. The SMILES string of the molecule is CO.CSc1ccc(-c2cccnc2)s1. The predicted octanol–water partition coefficient (Wildman–Crippen LogP) is 3.14. The average Bonchev–Trinajstić information content (AvgIpc) is 2.81. The van der Waals surface area contributed by atoms with E-state index in [0.29, 0.717) is 0 Å². The van der Waals surface area contributed by atoms with E-state index >= 15 is 0 Å². The van der Waals surface area contributed by atoms with Crippen molar-refractivity contribution in [2.75, 3.05) is 13.4 Å². The van der Waals surface area contributed by atoms with Crippen LogP contribution in [0.15, 0.2) is 40.9 Å². The fraction of sp³-hybridized carbons (Fsp3) is 0.182. The first-order valence-electron chi connectivity index (χ1n) is 4.39. The quantitative estimate of drug-likeness (QED) is 0.817. The van der Waals surface area contributed by atoms with E-state index in [9.17, 15) is 0 Å². The number of rotatable bonds is 2. The highest BCUT2D eigenvalue weighted by Gasteiger charge is 2.00. The molecular formula is C11H13NOS2. The standard InChI is InChI=1S/C10H9NS2.CH4O/c1-12-10-5-4-9(13-10)8-3-2-6-11-7-8;1-2/h2-7H,1H3;2H,1H3. The number of thioether (sulfide) groups is 1. The summed E-state index contributed by atoms with van der Waals surface area (Å²) in [5.74, 6) is 0. The molecule has 0 spiro atoms. The first-order valence-corrected chi connectivity index (χ1v) is 6.43. The summed E-state index contributed by atoms with van der Waals surface area (Å²) < 4.78 is 1.35. The van der Waals surface area contributed by atoms with E-state index in [1.165, 1.54) is 14.6 Å². The van der Waals surface area contributed by atoms with Gasteiger partial charge >= 0.3 is 0 Å². The fourth-order valence-corrected chi connectivity index (χ4v) is 2.63. The van der Waals surface area contributed by atoms with Gasteiger partial charge in [-0.2, -0.15) is 0 Å². The second-order valence-corrected chi connectivity index (χ2v) is 4.75. The van der Waals surface area contributed by atoms with Gasteiger partial charge in [-0.1, -0.05) is 6.07 Å². The van der Waals surface area contributed by atoms with Crippen LogP contribution in [0, 0.1) is 0 Å². The summed E-state index contributed by atoms with van der Waals surface area (Å²) in [7, 11) is 1.00. The molecule has 0 fully saturated rings. The van der Waals surface area contributed by atoms with E-state index in [4.69, 9.17) is 5.11 Å². The molecule has 0 aliphatic carbocycles. The minimum absolute atomic E-state index is 1.00. The summed E-state index contributed by atoms with van der Waals surface area (Å²) >= 11 is 3.59. The highest BCUT2D eigenvalue weighted by molar-refractivity contribution is 8.00. The van der Waals surface area contributed by atoms with Gasteiger partial charge in [0, 0.05) is 29.9 Å². The molecule has 0 aromatic carbocycles. The number of pyridine rings is 1. The number of aliphatic hydroxyl groups excluding tert-OH is 1. The number of aromatic nitrogens is 1. The zero-order chi connectivity index (χ0) is 11.1. The van der Waals surface area contributed by atoms with Crippen LogP contribution < -0.4 is 0 Å². The van der Waals surface area contributed by atoms with Crippen LogP contribution in [0.1, 0.15) is 0 Å². The second kappa shape index (κ2) is 6.61. The van der Waals surface area contributed by atoms with Crippen molar-refractivity contribution in [3.05, 3.63) is 36.7 Å². The second-order valence-electron chi connectivity index (χ2n) is 2.56. The van der Waals surface area contributed by atoms with Crippen molar-refractivity contribution in [1.29, 1.82) is 0 Å². The number of thiophene rings is 1. The van der Waals surface area contributed by atoms with Crippen molar-refractivity contribution in [3.8, 4) is 10.4 Å². The molecule has 15 heavy (non-hydrogen) atoms. The van der Waals surface area contributed by atoms with Crippen molar-refractivity contribution < 1.29 is 5.11 Å². The number of hydrogen-bond donors (Lipinski definition) is 1. The minimum Gasteiger partial charge on any atom is -0.400 e. The highest BCUT2D eigenvalue weighted by atomic mass is 32.2. The molecule has 4 heteroatoms. The van der Waals surface area contributed by atoms with Crippen LogP contribution in [-0.2, 0) is 0 Å². The van der Waals surface area contributed by atoms with Crippen molar-refractivity contribution >= 4 is 23.1 Å². The van der Waals surface area contributed by atoms with Crippen LogP contribution in [-0.4, -0.2) is 23.5 Å². The molecule has 0 bridgehead atoms. The van der Waals surface area contributed by atoms with E-state index in [0.717, 1.165) is 7.11 Å². The predicted molar refractivity (Wildman–Crippen MR) is 67.5 cm³/mol. The Labute approximate surface area is 98.0 Å². The summed E-state index contributed by atoms with van der Waals surface area (Å²) in [6.45, 7) is 0. The smallest absolute Gasteiger partial charge is 0.0602 e. The lowest BCUT2D eigenvalue weighted by atomic mass is 10.2. The third kappa shape index (κ3) is 3.34. The Morgan fingerprint density at radius 3 is 2.60 bits per heavy atom. The maximum absolute atomic E-state index is 7.00. The molecule has 2 aromatic rings. The van der Waals surface area contributed by atoms with Gasteiger partial charge < -0.3 is 5.11 Å². The van der Waals surface area contributed by atoms with E-state index in [1.807, 2.05) is 23.6 Å². The number of aliphatic hydroxyl groups is 1. The van der Waals surface area contributed by atoms with Gasteiger partial charge in [0.2, 0.25) is 0 Å². The van der Waals surface area contributed by atoms with Gasteiger partial charge in [-0.15, -0.1) is 23.1 Å². The topological polar surface area (TPSA) is 33.1 Å². The Balaban J connectivity index is 0.000000531. The van der Waals surface area contributed by atoms with Gasteiger partial charge in [-0.05, 0) is 24.5 Å². The first kappa shape index (κ1) is 12.2. The van der Waals surface area contributed by atoms with Gasteiger partial charge in [0.15, 0.2) is 0 Å². The maximum atomic E-state index is 7.00. The van der Waals surface area contributed by atoms with Crippen molar-refractivity contribution in [3.63, 3.8) is 0 Å². The van der Waals surface area contributed by atoms with E-state index in [2.05, 4.69) is 29.4 Å². The van der Waals surface area contributed by atoms with Crippen LogP contribution in [0.2, 0.25) is 0 Å². The van der Waals surface area contributed by atoms with Gasteiger partial charge in [-0.3, -0.25) is 4.98 Å². The van der Waals surface area contributed by atoms with E-state index < -0.39 is 0 Å². The summed E-state index contributed by atoms with van der Waals surface area (Å²) in [6.07, 6.45) is 5.79. The van der Waals surface area contributed by atoms with Crippen molar-refractivity contribution in [2.24, 2.45) is 0 Å². The molecule has 2 nitrogen and oxygen atoms in total. The molecule has 2 rings (SSSR count). The molecule has 0 aliphatic rings. The third-order valence-electron chi connectivity index (χ3n) is 1.73. The molecule has 2 heterocycles. The molecule has 1 N–H and O–H groups in total. The molecular weight excluding hydrogens is 226 g/mol. The number of nitrogens with zero attached hydrogens (tertiary/aromatic N) is 1. The normalized spacial score (nSPS) is 9.27. The van der Waals surface area contributed by atoms with Crippen LogP contribution in [0.25, 0.3) is 10.4 Å². The molecule has 0 saturated carbocycles. The Morgan fingerprint density at radius 1 is 1.27 bits per heavy atom. The lowest BCUT2D eigenvalue weighted by molar-refractivity contribution is 0.399. The van der Waals surface area contributed by atoms with E-state index in [1.54, 1.807) is 18.0 Å². The Morgan fingerprint density at radius 2 is 2.07 bits per heavy atom. The Kier molecular flexibility index (Phi) is 5.39. The molecule has 0 unspecified atom stereocenters. The largest absolute Gasteiger partial charge is 0.400 e. The Bertz CT molecular complexity index is 386. The van der Waals surface area contributed by atoms with Crippen LogP contribution in [0.3, 0.4) is 0 Å². The summed E-state index contributed by atoms with van der Waals surface area (Å²) in [4.78, 5) is 5.39. The van der Waals surface area contributed by atoms with Crippen molar-refractivity contribution in [2.45, 2.75) is 4.21 Å². The monoisotopic (exact) mass is 239 g/mol. The molecule has 2 aromatic heterocycles. The molecule has 0 atom stereocenters.